The number of methoxy groups -OCH3 is 1. The van der Waals surface area contributed by atoms with Gasteiger partial charge in [0.05, 0.1) is 30.0 Å². The number of hydrogen-bond donors (Lipinski definition) is 1. The Bertz CT molecular complexity index is 1300. The molecule has 0 bridgehead atoms. The van der Waals surface area contributed by atoms with E-state index in [1.165, 1.54) is 19.2 Å². The molecule has 164 valence electrons. The maximum absolute atomic E-state index is 12.9. The number of aromatic nitrogens is 3. The van der Waals surface area contributed by atoms with Crippen molar-refractivity contribution in [2.45, 2.75) is 13.8 Å². The minimum Gasteiger partial charge on any atom is -0.494 e. The van der Waals surface area contributed by atoms with Gasteiger partial charge < -0.3 is 14.8 Å². The molecule has 1 N–H and O–H groups in total. The van der Waals surface area contributed by atoms with Gasteiger partial charge in [-0.1, -0.05) is 23.2 Å². The summed E-state index contributed by atoms with van der Waals surface area (Å²) in [7, 11) is 1.45. The fraction of sp³-hybridized carbons (Fsp3) is 0.174. The number of rotatable bonds is 6. The van der Waals surface area contributed by atoms with E-state index in [1.807, 2.05) is 44.2 Å². The van der Waals surface area contributed by atoms with Gasteiger partial charge in [-0.3, -0.25) is 4.79 Å². The molecule has 4 aromatic rings. The zero-order valence-corrected chi connectivity index (χ0v) is 19.2. The van der Waals surface area contributed by atoms with Crippen molar-refractivity contribution in [2.75, 3.05) is 19.0 Å². The maximum Gasteiger partial charge on any atom is 0.259 e. The second-order valence-corrected chi connectivity index (χ2v) is 7.84. The minimum atomic E-state index is -0.396. The van der Waals surface area contributed by atoms with Crippen LogP contribution in [-0.2, 0) is 0 Å². The van der Waals surface area contributed by atoms with E-state index in [9.17, 15) is 4.79 Å². The SMILES string of the molecule is CCOc1ccc(-n2nc3cc(C)c(NC(=O)c4cc(Cl)cc(Cl)c4OC)cc3n2)cc1. The van der Waals surface area contributed by atoms with E-state index in [0.29, 0.717) is 28.4 Å². The van der Waals surface area contributed by atoms with Crippen LogP contribution in [0.25, 0.3) is 16.7 Å². The van der Waals surface area contributed by atoms with Gasteiger partial charge >= 0.3 is 0 Å². The molecule has 0 saturated carbocycles. The predicted molar refractivity (Wildman–Crippen MR) is 126 cm³/mol. The highest BCUT2D eigenvalue weighted by Gasteiger charge is 2.18. The second-order valence-electron chi connectivity index (χ2n) is 6.99. The van der Waals surface area contributed by atoms with Crippen molar-refractivity contribution >= 4 is 45.8 Å². The molecule has 9 heteroatoms. The normalized spacial score (nSPS) is 10.9. The summed E-state index contributed by atoms with van der Waals surface area (Å²) in [5, 5.41) is 12.6. The van der Waals surface area contributed by atoms with Crippen molar-refractivity contribution in [1.82, 2.24) is 15.0 Å². The summed E-state index contributed by atoms with van der Waals surface area (Å²) in [6.45, 7) is 4.42. The highest BCUT2D eigenvalue weighted by molar-refractivity contribution is 6.36. The first-order valence-electron chi connectivity index (χ1n) is 9.85. The molecule has 0 spiro atoms. The van der Waals surface area contributed by atoms with Gasteiger partial charge in [0.25, 0.3) is 5.91 Å². The van der Waals surface area contributed by atoms with Crippen LogP contribution < -0.4 is 14.8 Å². The number of halogens is 2. The molecule has 7 nitrogen and oxygen atoms in total. The molecule has 0 aliphatic rings. The maximum atomic E-state index is 12.9. The molecule has 0 aliphatic carbocycles. The topological polar surface area (TPSA) is 78.3 Å². The number of ether oxygens (including phenoxy) is 2. The number of amides is 1. The summed E-state index contributed by atoms with van der Waals surface area (Å²) in [6, 6.07) is 14.2. The molecule has 0 radical (unpaired) electrons. The summed E-state index contributed by atoms with van der Waals surface area (Å²) in [6.07, 6.45) is 0. The van der Waals surface area contributed by atoms with Crippen LogP contribution in [0.3, 0.4) is 0 Å². The van der Waals surface area contributed by atoms with Gasteiger partial charge in [0.15, 0.2) is 0 Å². The van der Waals surface area contributed by atoms with Crippen molar-refractivity contribution in [3.8, 4) is 17.2 Å². The van der Waals surface area contributed by atoms with Crippen molar-refractivity contribution < 1.29 is 14.3 Å². The first-order valence-corrected chi connectivity index (χ1v) is 10.6. The molecule has 1 heterocycles. The van der Waals surface area contributed by atoms with Crippen molar-refractivity contribution in [3.05, 3.63) is 69.7 Å². The van der Waals surface area contributed by atoms with Crippen molar-refractivity contribution in [1.29, 1.82) is 0 Å². The average Bonchev–Trinajstić information content (AvgIpc) is 3.17. The molecule has 0 fully saturated rings. The smallest absolute Gasteiger partial charge is 0.259 e. The predicted octanol–water partition coefficient (Wildman–Crippen LogP) is 5.70. The molecular formula is C23H20Cl2N4O3. The van der Waals surface area contributed by atoms with Crippen LogP contribution in [0.1, 0.15) is 22.8 Å². The highest BCUT2D eigenvalue weighted by Crippen LogP contribution is 2.33. The fourth-order valence-corrected chi connectivity index (χ4v) is 3.86. The van der Waals surface area contributed by atoms with E-state index in [1.54, 1.807) is 10.9 Å². The highest BCUT2D eigenvalue weighted by atomic mass is 35.5. The van der Waals surface area contributed by atoms with E-state index in [0.717, 1.165) is 17.0 Å². The molecule has 1 aromatic heterocycles. The first-order chi connectivity index (χ1) is 15.4. The number of nitrogens with zero attached hydrogens (tertiary/aromatic N) is 3. The van der Waals surface area contributed by atoms with Crippen molar-refractivity contribution in [2.24, 2.45) is 0 Å². The number of carbonyl (C=O) groups is 1. The van der Waals surface area contributed by atoms with Crippen LogP contribution in [0.5, 0.6) is 11.5 Å². The third kappa shape index (κ3) is 4.35. The van der Waals surface area contributed by atoms with Gasteiger partial charge in [-0.15, -0.1) is 10.2 Å². The third-order valence-electron chi connectivity index (χ3n) is 4.81. The largest absolute Gasteiger partial charge is 0.494 e. The number of nitrogens with one attached hydrogen (secondary N) is 1. The van der Waals surface area contributed by atoms with Crippen LogP contribution >= 0.6 is 23.2 Å². The quantitative estimate of drug-likeness (QED) is 0.391. The molecule has 3 aromatic carbocycles. The van der Waals surface area contributed by atoms with Gasteiger partial charge in [0.2, 0.25) is 0 Å². The Morgan fingerprint density at radius 1 is 1.06 bits per heavy atom. The Morgan fingerprint density at radius 2 is 1.75 bits per heavy atom. The Morgan fingerprint density at radius 3 is 2.41 bits per heavy atom. The van der Waals surface area contributed by atoms with Gasteiger partial charge in [-0.25, -0.2) is 0 Å². The molecule has 0 atom stereocenters. The summed E-state index contributed by atoms with van der Waals surface area (Å²) < 4.78 is 10.8. The lowest BCUT2D eigenvalue weighted by molar-refractivity contribution is 0.102. The summed E-state index contributed by atoms with van der Waals surface area (Å²) in [5.74, 6) is 0.645. The monoisotopic (exact) mass is 470 g/mol. The summed E-state index contributed by atoms with van der Waals surface area (Å²) in [4.78, 5) is 14.5. The first kappa shape index (κ1) is 21.9. The standard InChI is InChI=1S/C23H20Cl2N4O3/c1-4-32-16-7-5-15(6-8-16)29-27-20-9-13(2)19(12-21(20)28-29)26-23(30)17-10-14(24)11-18(25)22(17)31-3/h5-12H,4H2,1-3H3,(H,26,30). The summed E-state index contributed by atoms with van der Waals surface area (Å²) >= 11 is 12.2. The van der Waals surface area contributed by atoms with Crippen LogP contribution in [-0.4, -0.2) is 34.6 Å². The molecular weight excluding hydrogens is 451 g/mol. The molecule has 0 aliphatic heterocycles. The zero-order valence-electron chi connectivity index (χ0n) is 17.6. The number of hydrogen-bond acceptors (Lipinski definition) is 5. The number of carbonyl (C=O) groups excluding carboxylic acids is 1. The molecule has 32 heavy (non-hydrogen) atoms. The molecule has 0 unspecified atom stereocenters. The lowest BCUT2D eigenvalue weighted by Gasteiger charge is -2.12. The number of fused-ring (bicyclic) bond motifs is 1. The zero-order chi connectivity index (χ0) is 22.8. The van der Waals surface area contributed by atoms with Crippen LogP contribution in [0.15, 0.2) is 48.5 Å². The Labute approximate surface area is 194 Å². The lowest BCUT2D eigenvalue weighted by atomic mass is 10.1. The van der Waals surface area contributed by atoms with Crippen molar-refractivity contribution in [3.63, 3.8) is 0 Å². The minimum absolute atomic E-state index is 0.238. The molecule has 0 saturated heterocycles. The third-order valence-corrected chi connectivity index (χ3v) is 5.31. The Hall–Kier alpha value is -3.29. The lowest BCUT2D eigenvalue weighted by Crippen LogP contribution is -2.14. The molecule has 1 amide bonds. The second kappa shape index (κ2) is 9.06. The summed E-state index contributed by atoms with van der Waals surface area (Å²) in [5.41, 5.74) is 3.80. The number of aryl methyl sites for hydroxylation is 1. The van der Waals surface area contributed by atoms with Crippen LogP contribution in [0.2, 0.25) is 10.0 Å². The average molecular weight is 471 g/mol. The van der Waals surface area contributed by atoms with Crippen LogP contribution in [0, 0.1) is 6.92 Å². The van der Waals surface area contributed by atoms with E-state index < -0.39 is 5.91 Å². The number of benzene rings is 3. The van der Waals surface area contributed by atoms with E-state index >= 15 is 0 Å². The Kier molecular flexibility index (Phi) is 6.21. The van der Waals surface area contributed by atoms with E-state index in [4.69, 9.17) is 32.7 Å². The fourth-order valence-electron chi connectivity index (χ4n) is 3.29. The van der Waals surface area contributed by atoms with Crippen LogP contribution in [0.4, 0.5) is 5.69 Å². The number of anilines is 1. The van der Waals surface area contributed by atoms with Gasteiger partial charge in [-0.2, -0.15) is 4.80 Å². The van der Waals surface area contributed by atoms with E-state index in [-0.39, 0.29) is 16.3 Å². The molecule has 4 rings (SSSR count). The van der Waals surface area contributed by atoms with E-state index in [2.05, 4.69) is 15.5 Å². The van der Waals surface area contributed by atoms with Gasteiger partial charge in [-0.05, 0) is 67.9 Å². The Balaban J connectivity index is 1.65. The van der Waals surface area contributed by atoms with Gasteiger partial charge in [0.1, 0.15) is 22.5 Å². The van der Waals surface area contributed by atoms with Gasteiger partial charge in [0, 0.05) is 10.7 Å².